The predicted molar refractivity (Wildman–Crippen MR) is 136 cm³/mol. The van der Waals surface area contributed by atoms with E-state index in [1.54, 1.807) is 4.57 Å². The highest BCUT2D eigenvalue weighted by atomic mass is 32.2. The van der Waals surface area contributed by atoms with E-state index in [2.05, 4.69) is 10.2 Å². The number of hydrogen-bond donors (Lipinski definition) is 1. The fourth-order valence-corrected chi connectivity index (χ4v) is 6.39. The summed E-state index contributed by atoms with van der Waals surface area (Å²) in [6, 6.07) is 7.98. The van der Waals surface area contributed by atoms with Crippen molar-refractivity contribution >= 4 is 49.3 Å². The Hall–Kier alpha value is -1.98. The third-order valence-corrected chi connectivity index (χ3v) is 8.41. The number of thiophene rings is 1. The number of ether oxygens (including phenoxy) is 2. The van der Waals surface area contributed by atoms with Crippen LogP contribution in [0.1, 0.15) is 19.3 Å². The van der Waals surface area contributed by atoms with Crippen molar-refractivity contribution in [3.8, 4) is 0 Å². The lowest BCUT2D eigenvalue weighted by Crippen LogP contribution is -2.37. The van der Waals surface area contributed by atoms with Gasteiger partial charge in [0.2, 0.25) is 5.91 Å². The first kappa shape index (κ1) is 23.7. The fraction of sp³-hybridized carbons (Fsp3) is 0.542. The third-order valence-electron chi connectivity index (χ3n) is 6.29. The van der Waals surface area contributed by atoms with Crippen LogP contribution in [0, 0.1) is 0 Å². The number of fused-ring (bicyclic) bond motifs is 3. The molecule has 0 unspecified atom stereocenters. The molecular formula is C24H30N4O4S2. The van der Waals surface area contributed by atoms with Crippen LogP contribution in [0.5, 0.6) is 0 Å². The Morgan fingerprint density at radius 3 is 2.88 bits per heavy atom. The van der Waals surface area contributed by atoms with Gasteiger partial charge in [0.05, 0.1) is 30.6 Å². The molecule has 4 heterocycles. The molecule has 2 saturated heterocycles. The maximum Gasteiger partial charge on any atom is 0.272 e. The van der Waals surface area contributed by atoms with Gasteiger partial charge in [0.25, 0.3) is 5.56 Å². The summed E-state index contributed by atoms with van der Waals surface area (Å²) in [7, 11) is 0. The van der Waals surface area contributed by atoms with Crippen molar-refractivity contribution in [1.82, 2.24) is 19.8 Å². The summed E-state index contributed by atoms with van der Waals surface area (Å²) in [4.78, 5) is 33.3. The van der Waals surface area contributed by atoms with Crippen LogP contribution in [0.15, 0.2) is 34.2 Å². The molecule has 0 aliphatic carbocycles. The van der Waals surface area contributed by atoms with Crippen molar-refractivity contribution in [3.63, 3.8) is 0 Å². The number of amides is 1. The summed E-state index contributed by atoms with van der Waals surface area (Å²) in [6.45, 7) is 6.16. The molecule has 3 aromatic rings. The van der Waals surface area contributed by atoms with E-state index >= 15 is 0 Å². The molecule has 1 aromatic carbocycles. The largest absolute Gasteiger partial charge is 0.379 e. The predicted octanol–water partition coefficient (Wildman–Crippen LogP) is 2.72. The van der Waals surface area contributed by atoms with E-state index in [0.29, 0.717) is 22.9 Å². The number of aromatic nitrogens is 2. The zero-order chi connectivity index (χ0) is 23.3. The van der Waals surface area contributed by atoms with Gasteiger partial charge in [-0.3, -0.25) is 19.1 Å². The van der Waals surface area contributed by atoms with Crippen LogP contribution in [0.25, 0.3) is 20.3 Å². The number of carbonyl (C=O) groups is 1. The van der Waals surface area contributed by atoms with E-state index in [1.807, 2.05) is 24.3 Å². The minimum atomic E-state index is -0.0649. The molecule has 1 atom stereocenters. The van der Waals surface area contributed by atoms with Crippen LogP contribution in [-0.2, 0) is 20.8 Å². The number of hydrogen-bond acceptors (Lipinski definition) is 8. The SMILES string of the molecule is O=C(CSc1nc2c(sc3ccccc32)c(=O)n1CCCN1CCOCC1)NC[C@H]1CCCO1. The summed E-state index contributed by atoms with van der Waals surface area (Å²) in [6.07, 6.45) is 2.99. The van der Waals surface area contributed by atoms with Gasteiger partial charge in [-0.2, -0.15) is 0 Å². The maximum atomic E-state index is 13.5. The second kappa shape index (κ2) is 11.2. The van der Waals surface area contributed by atoms with Gasteiger partial charge >= 0.3 is 0 Å². The summed E-state index contributed by atoms with van der Waals surface area (Å²) in [5.41, 5.74) is 0.715. The summed E-state index contributed by atoms with van der Waals surface area (Å²) < 4.78 is 14.5. The normalized spacial score (nSPS) is 19.2. The Morgan fingerprint density at radius 2 is 2.06 bits per heavy atom. The number of morpholine rings is 1. The number of rotatable bonds is 9. The molecule has 2 aliphatic rings. The second-order valence-corrected chi connectivity index (χ2v) is 10.7. The molecule has 8 nitrogen and oxygen atoms in total. The second-order valence-electron chi connectivity index (χ2n) is 8.66. The molecule has 0 spiro atoms. The lowest BCUT2D eigenvalue weighted by molar-refractivity contribution is -0.119. The standard InChI is InChI=1S/C24H30N4O4S2/c29-20(25-15-17-5-3-12-32-17)16-33-24-26-21-18-6-1-2-7-19(18)34-22(21)23(30)28(24)9-4-8-27-10-13-31-14-11-27/h1-2,6-7,17H,3-5,8-16H2,(H,25,29)/t17-/m1/s1. The number of carbonyl (C=O) groups excluding carboxylic acids is 1. The van der Waals surface area contributed by atoms with E-state index in [1.165, 1.54) is 23.1 Å². The molecular weight excluding hydrogens is 472 g/mol. The average Bonchev–Trinajstić information content (AvgIpc) is 3.52. The molecule has 0 bridgehead atoms. The van der Waals surface area contributed by atoms with Crippen molar-refractivity contribution in [1.29, 1.82) is 0 Å². The van der Waals surface area contributed by atoms with Gasteiger partial charge in [0.1, 0.15) is 4.70 Å². The van der Waals surface area contributed by atoms with Crippen LogP contribution < -0.4 is 10.9 Å². The first-order chi connectivity index (χ1) is 16.7. The monoisotopic (exact) mass is 502 g/mol. The highest BCUT2D eigenvalue weighted by Gasteiger charge is 2.19. The van der Waals surface area contributed by atoms with E-state index in [0.717, 1.165) is 74.3 Å². The lowest BCUT2D eigenvalue weighted by Gasteiger charge is -2.26. The number of benzene rings is 1. The van der Waals surface area contributed by atoms with Crippen LogP contribution in [0.4, 0.5) is 0 Å². The van der Waals surface area contributed by atoms with Crippen molar-refractivity contribution in [2.45, 2.75) is 37.1 Å². The van der Waals surface area contributed by atoms with Gasteiger partial charge in [-0.25, -0.2) is 4.98 Å². The molecule has 1 N–H and O–H groups in total. The van der Waals surface area contributed by atoms with Crippen LogP contribution in [0.3, 0.4) is 0 Å². The van der Waals surface area contributed by atoms with Crippen molar-refractivity contribution < 1.29 is 14.3 Å². The Morgan fingerprint density at radius 1 is 1.21 bits per heavy atom. The van der Waals surface area contributed by atoms with Crippen molar-refractivity contribution in [2.24, 2.45) is 0 Å². The Balaban J connectivity index is 1.34. The molecule has 5 rings (SSSR count). The topological polar surface area (TPSA) is 85.7 Å². The number of nitrogens with zero attached hydrogens (tertiary/aromatic N) is 3. The number of thioether (sulfide) groups is 1. The van der Waals surface area contributed by atoms with Crippen molar-refractivity contribution in [2.75, 3.05) is 51.8 Å². The summed E-state index contributed by atoms with van der Waals surface area (Å²) >= 11 is 2.83. The molecule has 182 valence electrons. The lowest BCUT2D eigenvalue weighted by atomic mass is 10.2. The third kappa shape index (κ3) is 5.46. The Bertz CT molecular complexity index is 1200. The minimum absolute atomic E-state index is 0.0181. The first-order valence-corrected chi connectivity index (χ1v) is 13.7. The molecule has 0 saturated carbocycles. The highest BCUT2D eigenvalue weighted by Crippen LogP contribution is 2.31. The Kier molecular flexibility index (Phi) is 7.80. The van der Waals surface area contributed by atoms with Crippen LogP contribution in [0.2, 0.25) is 0 Å². The van der Waals surface area contributed by atoms with E-state index in [4.69, 9.17) is 14.5 Å². The average molecular weight is 503 g/mol. The smallest absolute Gasteiger partial charge is 0.272 e. The summed E-state index contributed by atoms with van der Waals surface area (Å²) in [5, 5.41) is 4.56. The molecule has 34 heavy (non-hydrogen) atoms. The molecule has 2 aromatic heterocycles. The highest BCUT2D eigenvalue weighted by molar-refractivity contribution is 7.99. The van der Waals surface area contributed by atoms with Gasteiger partial charge in [-0.05, 0) is 25.3 Å². The van der Waals surface area contributed by atoms with Gasteiger partial charge in [-0.15, -0.1) is 11.3 Å². The van der Waals surface area contributed by atoms with Gasteiger partial charge in [0, 0.05) is 49.4 Å². The van der Waals surface area contributed by atoms with Gasteiger partial charge < -0.3 is 14.8 Å². The molecule has 1 amide bonds. The van der Waals surface area contributed by atoms with Crippen molar-refractivity contribution in [3.05, 3.63) is 34.6 Å². The van der Waals surface area contributed by atoms with E-state index in [-0.39, 0.29) is 23.3 Å². The zero-order valence-electron chi connectivity index (χ0n) is 19.2. The van der Waals surface area contributed by atoms with E-state index in [9.17, 15) is 9.59 Å². The van der Waals surface area contributed by atoms with Gasteiger partial charge in [0.15, 0.2) is 5.16 Å². The van der Waals surface area contributed by atoms with Crippen LogP contribution in [-0.4, -0.2) is 78.2 Å². The quantitative estimate of drug-likeness (QED) is 0.356. The zero-order valence-corrected chi connectivity index (χ0v) is 20.8. The Labute approximate surface area is 206 Å². The maximum absolute atomic E-state index is 13.5. The molecule has 0 radical (unpaired) electrons. The molecule has 2 fully saturated rings. The molecule has 10 heteroatoms. The molecule has 2 aliphatic heterocycles. The number of nitrogens with one attached hydrogen (secondary N) is 1. The minimum Gasteiger partial charge on any atom is -0.379 e. The van der Waals surface area contributed by atoms with E-state index < -0.39 is 0 Å². The first-order valence-electron chi connectivity index (χ1n) is 11.9. The van der Waals surface area contributed by atoms with Crippen LogP contribution >= 0.6 is 23.1 Å². The summed E-state index contributed by atoms with van der Waals surface area (Å²) in [5.74, 6) is 0.154. The van der Waals surface area contributed by atoms with Gasteiger partial charge in [-0.1, -0.05) is 30.0 Å². The fourth-order valence-electron chi connectivity index (χ4n) is 4.45.